The van der Waals surface area contributed by atoms with E-state index >= 15 is 0 Å². The zero-order valence-corrected chi connectivity index (χ0v) is 14.4. The van der Waals surface area contributed by atoms with Gasteiger partial charge in [-0.2, -0.15) is 0 Å². The maximum atomic E-state index is 3.68. The first-order valence-electron chi connectivity index (χ1n) is 8.27. The predicted octanol–water partition coefficient (Wildman–Crippen LogP) is 4.78. The summed E-state index contributed by atoms with van der Waals surface area (Å²) in [5.41, 5.74) is 4.47. The molecule has 22 heavy (non-hydrogen) atoms. The fraction of sp³-hybridized carbons (Fsp3) is 0.429. The van der Waals surface area contributed by atoms with Crippen LogP contribution in [-0.4, -0.2) is 12.1 Å². The maximum absolute atomic E-state index is 3.68. The van der Waals surface area contributed by atoms with E-state index in [0.717, 1.165) is 19.4 Å². The minimum atomic E-state index is 0.167. The highest BCUT2D eigenvalue weighted by Gasteiger charge is 2.16. The Bertz CT molecular complexity index is 566. The van der Waals surface area contributed by atoms with E-state index in [9.17, 15) is 0 Å². The summed E-state index contributed by atoms with van der Waals surface area (Å²) < 4.78 is 0. The van der Waals surface area contributed by atoms with Crippen LogP contribution < -0.4 is 5.32 Å². The Morgan fingerprint density at radius 3 is 2.14 bits per heavy atom. The minimum Gasteiger partial charge on any atom is -0.312 e. The fourth-order valence-corrected chi connectivity index (χ4v) is 2.76. The fourth-order valence-electron chi connectivity index (χ4n) is 2.76. The molecule has 2 aromatic rings. The van der Waals surface area contributed by atoms with Gasteiger partial charge in [0, 0.05) is 5.54 Å². The van der Waals surface area contributed by atoms with Crippen LogP contribution in [0.25, 0.3) is 0 Å². The van der Waals surface area contributed by atoms with Gasteiger partial charge >= 0.3 is 0 Å². The molecule has 0 aromatic heterocycles. The third-order valence-corrected chi connectivity index (χ3v) is 4.06. The Morgan fingerprint density at radius 1 is 0.864 bits per heavy atom. The van der Waals surface area contributed by atoms with Crippen LogP contribution in [0.5, 0.6) is 0 Å². The molecule has 2 rings (SSSR count). The van der Waals surface area contributed by atoms with Gasteiger partial charge < -0.3 is 5.32 Å². The Morgan fingerprint density at radius 2 is 1.50 bits per heavy atom. The number of benzene rings is 2. The summed E-state index contributed by atoms with van der Waals surface area (Å²) in [6.45, 7) is 9.97. The third-order valence-electron chi connectivity index (χ3n) is 4.06. The van der Waals surface area contributed by atoms with Crippen LogP contribution in [0.15, 0.2) is 54.6 Å². The summed E-state index contributed by atoms with van der Waals surface area (Å²) in [7, 11) is 0. The van der Waals surface area contributed by atoms with Crippen molar-refractivity contribution in [2.24, 2.45) is 5.92 Å². The number of hydrogen-bond donors (Lipinski definition) is 1. The van der Waals surface area contributed by atoms with E-state index in [1.165, 1.54) is 16.7 Å². The van der Waals surface area contributed by atoms with Crippen molar-refractivity contribution in [1.29, 1.82) is 0 Å². The molecule has 1 N–H and O–H groups in total. The maximum Gasteiger partial charge on any atom is 0.00966 e. The van der Waals surface area contributed by atoms with Crippen molar-refractivity contribution >= 4 is 0 Å². The molecule has 0 saturated heterocycles. The first kappa shape index (κ1) is 16.8. The van der Waals surface area contributed by atoms with Crippen molar-refractivity contribution in [3.8, 4) is 0 Å². The molecule has 1 atom stereocenters. The number of rotatable bonds is 6. The van der Waals surface area contributed by atoms with Crippen LogP contribution in [0, 0.1) is 12.8 Å². The quantitative estimate of drug-likeness (QED) is 0.808. The van der Waals surface area contributed by atoms with E-state index in [-0.39, 0.29) is 5.54 Å². The minimum absolute atomic E-state index is 0.167. The zero-order chi connectivity index (χ0) is 16.0. The Kier molecular flexibility index (Phi) is 5.79. The van der Waals surface area contributed by atoms with Crippen molar-refractivity contribution in [3.63, 3.8) is 0 Å². The molecule has 0 aliphatic heterocycles. The number of nitrogens with one attached hydrogen (secondary N) is 1. The average Bonchev–Trinajstić information content (AvgIpc) is 2.47. The van der Waals surface area contributed by atoms with Crippen molar-refractivity contribution in [2.75, 3.05) is 6.54 Å². The molecule has 0 aliphatic carbocycles. The molecular weight excluding hydrogens is 266 g/mol. The lowest BCUT2D eigenvalue weighted by molar-refractivity contribution is 0.367. The van der Waals surface area contributed by atoms with Crippen LogP contribution in [0.4, 0.5) is 0 Å². The molecule has 0 radical (unpaired) electrons. The molecule has 0 spiro atoms. The topological polar surface area (TPSA) is 12.0 Å². The Hall–Kier alpha value is -1.60. The lowest BCUT2D eigenvalue weighted by Crippen LogP contribution is -2.40. The highest BCUT2D eigenvalue weighted by molar-refractivity contribution is 5.26. The summed E-state index contributed by atoms with van der Waals surface area (Å²) in [4.78, 5) is 0. The molecule has 118 valence electrons. The molecule has 1 heteroatoms. The molecule has 0 fully saturated rings. The first-order valence-corrected chi connectivity index (χ1v) is 8.27. The van der Waals surface area contributed by atoms with Gasteiger partial charge in [0.25, 0.3) is 0 Å². The van der Waals surface area contributed by atoms with Gasteiger partial charge in [-0.05, 0) is 69.7 Å². The van der Waals surface area contributed by atoms with Crippen molar-refractivity contribution in [1.82, 2.24) is 5.32 Å². The largest absolute Gasteiger partial charge is 0.312 e. The van der Waals surface area contributed by atoms with Gasteiger partial charge in [-0.3, -0.25) is 0 Å². The van der Waals surface area contributed by atoms with E-state index in [4.69, 9.17) is 0 Å². The predicted molar refractivity (Wildman–Crippen MR) is 96.3 cm³/mol. The summed E-state index contributed by atoms with van der Waals surface area (Å²) in [6, 6.07) is 19.6. The van der Waals surface area contributed by atoms with Crippen LogP contribution in [0.3, 0.4) is 0 Å². The summed E-state index contributed by atoms with van der Waals surface area (Å²) in [5, 5.41) is 3.68. The van der Waals surface area contributed by atoms with E-state index in [1.54, 1.807) is 0 Å². The summed E-state index contributed by atoms with van der Waals surface area (Å²) >= 11 is 0. The van der Waals surface area contributed by atoms with E-state index < -0.39 is 0 Å². The molecule has 1 unspecified atom stereocenters. The highest BCUT2D eigenvalue weighted by Crippen LogP contribution is 2.18. The van der Waals surface area contributed by atoms with Gasteiger partial charge in [0.1, 0.15) is 0 Å². The number of aryl methyl sites for hydroxylation is 1. The molecule has 1 nitrogen and oxygen atoms in total. The Balaban J connectivity index is 2.09. The van der Waals surface area contributed by atoms with Gasteiger partial charge in [-0.1, -0.05) is 54.6 Å². The second-order valence-corrected chi connectivity index (χ2v) is 7.32. The highest BCUT2D eigenvalue weighted by atomic mass is 14.9. The lowest BCUT2D eigenvalue weighted by atomic mass is 9.90. The average molecular weight is 295 g/mol. The molecule has 0 heterocycles. The van der Waals surface area contributed by atoms with E-state index in [1.807, 2.05) is 0 Å². The molecule has 0 amide bonds. The molecular formula is C21H29N. The molecule has 0 aliphatic rings. The van der Waals surface area contributed by atoms with Crippen molar-refractivity contribution in [2.45, 2.75) is 46.1 Å². The zero-order valence-electron chi connectivity index (χ0n) is 14.4. The van der Waals surface area contributed by atoms with E-state index in [0.29, 0.717) is 5.92 Å². The van der Waals surface area contributed by atoms with Gasteiger partial charge in [-0.15, -0.1) is 0 Å². The molecule has 0 bridgehead atoms. The third kappa shape index (κ3) is 5.65. The summed E-state index contributed by atoms with van der Waals surface area (Å²) in [6.07, 6.45) is 2.25. The SMILES string of the molecule is Cc1ccccc1CC(CNC(C)(C)C)Cc1ccccc1. The van der Waals surface area contributed by atoms with Gasteiger partial charge in [0.2, 0.25) is 0 Å². The van der Waals surface area contributed by atoms with Gasteiger partial charge in [-0.25, -0.2) is 0 Å². The van der Waals surface area contributed by atoms with E-state index in [2.05, 4.69) is 87.6 Å². The second kappa shape index (κ2) is 7.60. The van der Waals surface area contributed by atoms with Crippen molar-refractivity contribution in [3.05, 3.63) is 71.3 Å². The van der Waals surface area contributed by atoms with Crippen LogP contribution in [-0.2, 0) is 12.8 Å². The normalized spacial score (nSPS) is 13.1. The molecule has 0 saturated carbocycles. The first-order chi connectivity index (χ1) is 10.4. The monoisotopic (exact) mass is 295 g/mol. The number of hydrogen-bond acceptors (Lipinski definition) is 1. The van der Waals surface area contributed by atoms with Crippen LogP contribution >= 0.6 is 0 Å². The van der Waals surface area contributed by atoms with Gasteiger partial charge in [0.15, 0.2) is 0 Å². The standard InChI is InChI=1S/C21H29N/c1-17-10-8-9-13-20(17)15-19(16-22-21(2,3)4)14-18-11-6-5-7-12-18/h5-13,19,22H,14-16H2,1-4H3. The second-order valence-electron chi connectivity index (χ2n) is 7.32. The van der Waals surface area contributed by atoms with Crippen LogP contribution in [0.2, 0.25) is 0 Å². The smallest absolute Gasteiger partial charge is 0.00966 e. The lowest BCUT2D eigenvalue weighted by Gasteiger charge is -2.26. The Labute approximate surface area is 135 Å². The summed E-state index contributed by atoms with van der Waals surface area (Å²) in [5.74, 6) is 0.614. The van der Waals surface area contributed by atoms with Crippen LogP contribution in [0.1, 0.15) is 37.5 Å². The van der Waals surface area contributed by atoms with Crippen molar-refractivity contribution < 1.29 is 0 Å². The van der Waals surface area contributed by atoms with Gasteiger partial charge in [0.05, 0.1) is 0 Å². The molecule has 2 aromatic carbocycles.